The maximum atomic E-state index is 14.2. The van der Waals surface area contributed by atoms with Crippen LogP contribution in [0.2, 0.25) is 0 Å². The summed E-state index contributed by atoms with van der Waals surface area (Å²) in [6.45, 7) is 0. The Morgan fingerprint density at radius 3 is 2.27 bits per heavy atom. The first kappa shape index (κ1) is 28.4. The summed E-state index contributed by atoms with van der Waals surface area (Å²) in [6, 6.07) is 11.7. The van der Waals surface area contributed by atoms with Gasteiger partial charge in [-0.1, -0.05) is 42.5 Å². The Kier molecular flexibility index (Phi) is 7.68. The first-order valence-electron chi connectivity index (χ1n) is 11.4. The van der Waals surface area contributed by atoms with Crippen LogP contribution in [0.1, 0.15) is 22.9 Å². The van der Waals surface area contributed by atoms with Gasteiger partial charge >= 0.3 is 18.3 Å². The Hall–Kier alpha value is -4.66. The molecule has 5 N–H and O–H groups in total. The highest BCUT2D eigenvalue weighted by Gasteiger charge is 2.45. The van der Waals surface area contributed by atoms with Gasteiger partial charge in [-0.25, -0.2) is 9.67 Å². The fourth-order valence-electron chi connectivity index (χ4n) is 3.76. The van der Waals surface area contributed by atoms with Crippen molar-refractivity contribution >= 4 is 11.9 Å². The predicted octanol–water partition coefficient (Wildman–Crippen LogP) is 4.57. The number of aliphatic carboxylic acids is 1. The number of ether oxygens (including phenoxy) is 1. The first-order chi connectivity index (χ1) is 18.7. The zero-order valence-corrected chi connectivity index (χ0v) is 20.2. The summed E-state index contributed by atoms with van der Waals surface area (Å²) >= 11 is 0. The monoisotopic (exact) mass is 566 g/mol. The molecular weight excluding hydrogens is 546 g/mol. The largest absolute Gasteiger partial charge is 0.480 e. The molecule has 2 heterocycles. The molecule has 1 unspecified atom stereocenters. The van der Waals surface area contributed by atoms with Gasteiger partial charge in [0.2, 0.25) is 17.9 Å². The van der Waals surface area contributed by atoms with E-state index < -0.39 is 53.6 Å². The van der Waals surface area contributed by atoms with Gasteiger partial charge in [-0.3, -0.25) is 4.79 Å². The predicted molar refractivity (Wildman–Crippen MR) is 129 cm³/mol. The molecule has 2 aromatic carbocycles. The minimum absolute atomic E-state index is 0.0449. The zero-order valence-electron chi connectivity index (χ0n) is 20.2. The Morgan fingerprint density at radius 1 is 1.00 bits per heavy atom. The molecule has 0 amide bonds. The van der Waals surface area contributed by atoms with Gasteiger partial charge in [0.05, 0.1) is 11.4 Å². The number of nitrogens with two attached hydrogens (primary N) is 2. The number of alkyl halides is 6. The molecule has 2 aromatic heterocycles. The third-order valence-corrected chi connectivity index (χ3v) is 5.62. The molecule has 0 spiro atoms. The van der Waals surface area contributed by atoms with Crippen LogP contribution >= 0.6 is 0 Å². The number of nitrogens with zero attached hydrogens (tertiary/aromatic N) is 4. The van der Waals surface area contributed by atoms with Crippen LogP contribution in [0.25, 0.3) is 16.9 Å². The van der Waals surface area contributed by atoms with Crippen molar-refractivity contribution in [3.8, 4) is 22.8 Å². The van der Waals surface area contributed by atoms with Crippen molar-refractivity contribution in [3.63, 3.8) is 0 Å². The van der Waals surface area contributed by atoms with E-state index in [0.29, 0.717) is 21.9 Å². The molecule has 4 rings (SSSR count). The number of carboxylic acids is 1. The molecule has 0 fully saturated rings. The number of para-hydroxylation sites is 1. The van der Waals surface area contributed by atoms with Gasteiger partial charge in [-0.15, -0.1) is 0 Å². The molecule has 0 aliphatic rings. The minimum Gasteiger partial charge on any atom is -0.480 e. The van der Waals surface area contributed by atoms with Crippen LogP contribution in [0, 0.1) is 0 Å². The molecule has 9 nitrogen and oxygen atoms in total. The van der Waals surface area contributed by atoms with E-state index in [1.165, 1.54) is 18.2 Å². The second kappa shape index (κ2) is 10.8. The van der Waals surface area contributed by atoms with Crippen molar-refractivity contribution in [2.24, 2.45) is 5.73 Å². The highest BCUT2D eigenvalue weighted by Crippen LogP contribution is 2.40. The Bertz CT molecular complexity index is 1500. The van der Waals surface area contributed by atoms with Gasteiger partial charge in [0.15, 0.2) is 5.69 Å². The molecule has 4 aromatic rings. The quantitative estimate of drug-likeness (QED) is 0.264. The fraction of sp³-hybridized carbons (Fsp3) is 0.200. The lowest BCUT2D eigenvalue weighted by Crippen LogP contribution is -2.32. The first-order valence-corrected chi connectivity index (χ1v) is 11.4. The molecule has 0 aliphatic heterocycles. The smallest absolute Gasteiger partial charge is 0.435 e. The summed E-state index contributed by atoms with van der Waals surface area (Å²) in [4.78, 5) is 18.7. The molecule has 0 aliphatic carbocycles. The highest BCUT2D eigenvalue weighted by molar-refractivity contribution is 5.73. The van der Waals surface area contributed by atoms with Gasteiger partial charge in [-0.05, 0) is 24.1 Å². The molecule has 210 valence electrons. The van der Waals surface area contributed by atoms with E-state index >= 15 is 0 Å². The van der Waals surface area contributed by atoms with E-state index in [0.717, 1.165) is 18.3 Å². The summed E-state index contributed by atoms with van der Waals surface area (Å²) in [5.41, 5.74) is 10.3. The summed E-state index contributed by atoms with van der Waals surface area (Å²) in [6.07, 6.45) is -11.5. The van der Waals surface area contributed by atoms with Gasteiger partial charge in [0.25, 0.3) is 0 Å². The van der Waals surface area contributed by atoms with Crippen molar-refractivity contribution in [2.45, 2.75) is 30.9 Å². The fourth-order valence-corrected chi connectivity index (χ4v) is 3.76. The van der Waals surface area contributed by atoms with Crippen molar-refractivity contribution in [3.05, 3.63) is 83.7 Å². The average Bonchev–Trinajstić information content (AvgIpc) is 3.38. The molecule has 0 saturated carbocycles. The number of hydrogen-bond donors (Lipinski definition) is 3. The second-order valence-electron chi connectivity index (χ2n) is 8.54. The second-order valence-corrected chi connectivity index (χ2v) is 8.54. The lowest BCUT2D eigenvalue weighted by atomic mass is 10.0. The van der Waals surface area contributed by atoms with Crippen molar-refractivity contribution < 1.29 is 41.0 Å². The van der Waals surface area contributed by atoms with Gasteiger partial charge in [-0.2, -0.15) is 36.4 Å². The van der Waals surface area contributed by atoms with Crippen LogP contribution in [0.4, 0.5) is 32.3 Å². The van der Waals surface area contributed by atoms with E-state index in [-0.39, 0.29) is 17.8 Å². The van der Waals surface area contributed by atoms with E-state index in [1.807, 2.05) is 0 Å². The number of carboxylic acid groups (broad SMARTS) is 1. The highest BCUT2D eigenvalue weighted by atomic mass is 19.4. The normalized spacial score (nSPS) is 13.6. The van der Waals surface area contributed by atoms with Gasteiger partial charge < -0.3 is 21.3 Å². The third kappa shape index (κ3) is 6.48. The van der Waals surface area contributed by atoms with Gasteiger partial charge in [0.1, 0.15) is 6.04 Å². The van der Waals surface area contributed by atoms with Crippen LogP contribution in [-0.2, 0) is 17.4 Å². The molecule has 40 heavy (non-hydrogen) atoms. The lowest BCUT2D eigenvalue weighted by molar-refractivity contribution is -0.198. The third-order valence-electron chi connectivity index (χ3n) is 5.62. The van der Waals surface area contributed by atoms with E-state index in [1.54, 1.807) is 24.3 Å². The molecule has 2 atom stereocenters. The van der Waals surface area contributed by atoms with Gasteiger partial charge in [0, 0.05) is 23.4 Å². The number of carbonyl (C=O) groups is 1. The number of aromatic nitrogens is 4. The zero-order chi connectivity index (χ0) is 29.2. The molecule has 0 radical (unpaired) electrons. The molecule has 0 bridgehead atoms. The molecule has 15 heteroatoms. The SMILES string of the molecule is Nc1nc(OC(c2ccccc2-n2ccc(C(F)(F)F)n2)C(F)(F)F)cc(-c2ccc(C[C@H](N)C(=O)O)cc2)n1. The van der Waals surface area contributed by atoms with Crippen molar-refractivity contribution in [1.29, 1.82) is 0 Å². The number of hydrogen-bond acceptors (Lipinski definition) is 7. The summed E-state index contributed by atoms with van der Waals surface area (Å²) in [7, 11) is 0. The number of benzene rings is 2. The van der Waals surface area contributed by atoms with Crippen molar-refractivity contribution in [1.82, 2.24) is 19.7 Å². The van der Waals surface area contributed by atoms with Crippen LogP contribution in [0.5, 0.6) is 5.88 Å². The average molecular weight is 566 g/mol. The topological polar surface area (TPSA) is 142 Å². The summed E-state index contributed by atoms with van der Waals surface area (Å²) in [5, 5.41) is 12.3. The van der Waals surface area contributed by atoms with Crippen molar-refractivity contribution in [2.75, 3.05) is 5.73 Å². The maximum Gasteiger partial charge on any atom is 0.435 e. The summed E-state index contributed by atoms with van der Waals surface area (Å²) in [5.74, 6) is -2.13. The van der Waals surface area contributed by atoms with E-state index in [9.17, 15) is 31.1 Å². The van der Waals surface area contributed by atoms with E-state index in [4.69, 9.17) is 21.3 Å². The number of anilines is 1. The number of nitrogen functional groups attached to an aromatic ring is 1. The Labute approximate surface area is 222 Å². The van der Waals surface area contributed by atoms with E-state index in [2.05, 4.69) is 15.1 Å². The standard InChI is InChI=1S/C25H20F6N6O3/c26-24(27,28)19-9-10-37(36-19)18-4-2-1-3-15(18)21(25(29,30)31)40-20-12-17(34-23(33)35-20)14-7-5-13(6-8-14)11-16(32)22(38)39/h1-10,12,16,21H,11,32H2,(H,38,39)(H2,33,34,35)/t16-,21?/m0/s1. The number of halogens is 6. The number of rotatable bonds is 8. The van der Waals surface area contributed by atoms with Crippen LogP contribution in [0.15, 0.2) is 66.9 Å². The lowest BCUT2D eigenvalue weighted by Gasteiger charge is -2.24. The van der Waals surface area contributed by atoms with Crippen LogP contribution in [0.3, 0.4) is 0 Å². The Balaban J connectivity index is 1.67. The maximum absolute atomic E-state index is 14.2. The van der Waals surface area contributed by atoms with Crippen LogP contribution < -0.4 is 16.2 Å². The molecule has 0 saturated heterocycles. The minimum atomic E-state index is -5.03. The molecular formula is C25H20F6N6O3. The summed E-state index contributed by atoms with van der Waals surface area (Å²) < 4.78 is 87.8. The Morgan fingerprint density at radius 2 is 1.68 bits per heavy atom. The van der Waals surface area contributed by atoms with Crippen LogP contribution in [-0.4, -0.2) is 43.0 Å².